The molecule has 1 saturated carbocycles. The molecule has 4 amide bonds. The van der Waals surface area contributed by atoms with Crippen LogP contribution < -0.4 is 10.2 Å². The molecule has 1 aromatic carbocycles. The molecule has 8 heteroatoms. The minimum Gasteiger partial charge on any atom is -0.454 e. The van der Waals surface area contributed by atoms with Gasteiger partial charge in [-0.1, -0.05) is 45.4 Å². The summed E-state index contributed by atoms with van der Waals surface area (Å²) in [5.41, 5.74) is -0.0662. The normalized spacial score (nSPS) is 23.2. The molecular weight excluding hydrogens is 410 g/mol. The van der Waals surface area contributed by atoms with Crippen LogP contribution in [0.3, 0.4) is 0 Å². The zero-order chi connectivity index (χ0) is 23.5. The number of carbonyl (C=O) groups is 4. The first kappa shape index (κ1) is 23.8. The molecule has 0 bridgehead atoms. The number of rotatable bonds is 7. The van der Waals surface area contributed by atoms with Gasteiger partial charge in [0.25, 0.3) is 11.8 Å². The Morgan fingerprint density at radius 1 is 1.19 bits per heavy atom. The van der Waals surface area contributed by atoms with Crippen molar-refractivity contribution in [1.29, 1.82) is 0 Å². The van der Waals surface area contributed by atoms with Crippen LogP contribution in [-0.4, -0.2) is 54.5 Å². The second kappa shape index (κ2) is 9.30. The Hall–Kier alpha value is -2.90. The summed E-state index contributed by atoms with van der Waals surface area (Å²) in [7, 11) is 1.59. The van der Waals surface area contributed by atoms with E-state index >= 15 is 0 Å². The van der Waals surface area contributed by atoms with E-state index in [1.807, 2.05) is 6.07 Å². The van der Waals surface area contributed by atoms with Crippen molar-refractivity contribution >= 4 is 29.5 Å². The largest absolute Gasteiger partial charge is 0.454 e. The van der Waals surface area contributed by atoms with Gasteiger partial charge < -0.3 is 15.0 Å². The number of amides is 4. The molecule has 0 aromatic heterocycles. The van der Waals surface area contributed by atoms with Gasteiger partial charge in [0.15, 0.2) is 6.61 Å². The fraction of sp³-hybridized carbons (Fsp3) is 0.583. The molecule has 174 valence electrons. The van der Waals surface area contributed by atoms with E-state index in [2.05, 4.69) is 26.1 Å². The van der Waals surface area contributed by atoms with Gasteiger partial charge in [0.1, 0.15) is 12.1 Å². The van der Waals surface area contributed by atoms with Crippen molar-refractivity contribution in [2.24, 2.45) is 11.3 Å². The minimum absolute atomic E-state index is 0.191. The number of nitrogens with zero attached hydrogens (tertiary/aromatic N) is 2. The predicted molar refractivity (Wildman–Crippen MR) is 120 cm³/mol. The van der Waals surface area contributed by atoms with Crippen LogP contribution in [0.4, 0.5) is 10.5 Å². The smallest absolute Gasteiger partial charge is 0.326 e. The second-order valence-corrected chi connectivity index (χ2v) is 9.47. The number of ether oxygens (including phenoxy) is 1. The fourth-order valence-corrected chi connectivity index (χ4v) is 4.55. The van der Waals surface area contributed by atoms with Crippen molar-refractivity contribution in [2.45, 2.75) is 58.4 Å². The van der Waals surface area contributed by atoms with Gasteiger partial charge in [-0.15, -0.1) is 0 Å². The molecule has 3 rings (SSSR count). The number of likely N-dealkylation sites (N-methyl/N-ethyl adjacent to an activating group) is 1. The highest BCUT2D eigenvalue weighted by atomic mass is 16.5. The van der Waals surface area contributed by atoms with Crippen LogP contribution in [0.2, 0.25) is 0 Å². The molecule has 1 aromatic rings. The molecule has 1 aliphatic carbocycles. The standard InChI is InChI=1S/C24H33N3O5/c1-5-23(2,3)17-11-13-24(14-12-17)21(30)27(22(31)25-24)15-20(29)32-16-19(28)26(4)18-9-7-6-8-10-18/h6-10,17H,5,11-16H2,1-4H3,(H,25,31). The number of anilines is 1. The first-order chi connectivity index (χ1) is 15.1. The van der Waals surface area contributed by atoms with Crippen LogP contribution in [0.5, 0.6) is 0 Å². The van der Waals surface area contributed by atoms with Crippen molar-refractivity contribution in [3.8, 4) is 0 Å². The van der Waals surface area contributed by atoms with Crippen LogP contribution in [0.25, 0.3) is 0 Å². The molecule has 8 nitrogen and oxygen atoms in total. The highest BCUT2D eigenvalue weighted by Gasteiger charge is 2.53. The maximum Gasteiger partial charge on any atom is 0.326 e. The topological polar surface area (TPSA) is 96.0 Å². The lowest BCUT2D eigenvalue weighted by Crippen LogP contribution is -2.51. The van der Waals surface area contributed by atoms with Gasteiger partial charge in [-0.05, 0) is 49.1 Å². The summed E-state index contributed by atoms with van der Waals surface area (Å²) < 4.78 is 5.05. The lowest BCUT2D eigenvalue weighted by atomic mass is 9.65. The first-order valence-corrected chi connectivity index (χ1v) is 11.2. The zero-order valence-corrected chi connectivity index (χ0v) is 19.3. The number of hydrogen-bond acceptors (Lipinski definition) is 5. The van der Waals surface area contributed by atoms with E-state index in [9.17, 15) is 19.2 Å². The van der Waals surface area contributed by atoms with Gasteiger partial charge in [0.2, 0.25) is 0 Å². The molecule has 1 saturated heterocycles. The summed E-state index contributed by atoms with van der Waals surface area (Å²) >= 11 is 0. The SMILES string of the molecule is CCC(C)(C)C1CCC2(CC1)NC(=O)N(CC(=O)OCC(=O)N(C)c1ccccc1)C2=O. The molecule has 0 unspecified atom stereocenters. The van der Waals surface area contributed by atoms with Crippen molar-refractivity contribution in [3.05, 3.63) is 30.3 Å². The quantitative estimate of drug-likeness (QED) is 0.516. The zero-order valence-electron chi connectivity index (χ0n) is 19.3. The van der Waals surface area contributed by atoms with Gasteiger partial charge >= 0.3 is 12.0 Å². The summed E-state index contributed by atoms with van der Waals surface area (Å²) in [6.45, 7) is 5.68. The van der Waals surface area contributed by atoms with Crippen LogP contribution in [-0.2, 0) is 19.1 Å². The second-order valence-electron chi connectivity index (χ2n) is 9.47. The number of benzene rings is 1. The molecule has 1 spiro atoms. The van der Waals surface area contributed by atoms with Crippen molar-refractivity contribution in [3.63, 3.8) is 0 Å². The molecular formula is C24H33N3O5. The maximum absolute atomic E-state index is 13.0. The number of urea groups is 1. The fourth-order valence-electron chi connectivity index (χ4n) is 4.55. The van der Waals surface area contributed by atoms with E-state index in [0.29, 0.717) is 24.4 Å². The maximum atomic E-state index is 13.0. The van der Waals surface area contributed by atoms with Gasteiger partial charge in [-0.2, -0.15) is 0 Å². The number of imide groups is 1. The van der Waals surface area contributed by atoms with E-state index in [1.165, 1.54) is 4.90 Å². The van der Waals surface area contributed by atoms with Crippen LogP contribution >= 0.6 is 0 Å². The molecule has 2 aliphatic rings. The van der Waals surface area contributed by atoms with Gasteiger partial charge in [0.05, 0.1) is 0 Å². The van der Waals surface area contributed by atoms with Crippen molar-refractivity contribution in [1.82, 2.24) is 10.2 Å². The lowest BCUT2D eigenvalue weighted by Gasteiger charge is -2.42. The minimum atomic E-state index is -0.930. The van der Waals surface area contributed by atoms with Gasteiger partial charge in [-0.25, -0.2) is 4.79 Å². The van der Waals surface area contributed by atoms with E-state index in [4.69, 9.17) is 4.74 Å². The predicted octanol–water partition coefficient (Wildman–Crippen LogP) is 3.11. The number of esters is 1. The summed E-state index contributed by atoms with van der Waals surface area (Å²) in [5.74, 6) is -1.08. The summed E-state index contributed by atoms with van der Waals surface area (Å²) in [5, 5.41) is 2.82. The van der Waals surface area contributed by atoms with E-state index in [-0.39, 0.29) is 11.3 Å². The third kappa shape index (κ3) is 4.79. The van der Waals surface area contributed by atoms with Crippen LogP contribution in [0.1, 0.15) is 52.9 Å². The summed E-state index contributed by atoms with van der Waals surface area (Å²) in [6, 6.07) is 8.40. The summed E-state index contributed by atoms with van der Waals surface area (Å²) in [4.78, 5) is 52.4. The molecule has 1 N–H and O–H groups in total. The lowest BCUT2D eigenvalue weighted by molar-refractivity contribution is -0.150. The first-order valence-electron chi connectivity index (χ1n) is 11.2. The van der Waals surface area contributed by atoms with Crippen molar-refractivity contribution < 1.29 is 23.9 Å². The van der Waals surface area contributed by atoms with E-state index in [1.54, 1.807) is 31.3 Å². The van der Waals surface area contributed by atoms with Gasteiger partial charge in [0, 0.05) is 12.7 Å². The molecule has 0 atom stereocenters. The Balaban J connectivity index is 1.53. The molecule has 1 aliphatic heterocycles. The highest BCUT2D eigenvalue weighted by Crippen LogP contribution is 2.45. The average Bonchev–Trinajstić information content (AvgIpc) is 3.01. The number of nitrogens with one attached hydrogen (secondary N) is 1. The number of para-hydroxylation sites is 1. The molecule has 0 radical (unpaired) electrons. The molecule has 32 heavy (non-hydrogen) atoms. The Morgan fingerprint density at radius 2 is 1.81 bits per heavy atom. The van der Waals surface area contributed by atoms with Crippen LogP contribution in [0, 0.1) is 11.3 Å². The van der Waals surface area contributed by atoms with Gasteiger partial charge in [-0.3, -0.25) is 19.3 Å². The van der Waals surface area contributed by atoms with Crippen molar-refractivity contribution in [2.75, 3.05) is 25.1 Å². The third-order valence-electron chi connectivity index (χ3n) is 7.26. The average molecular weight is 444 g/mol. The third-order valence-corrected chi connectivity index (χ3v) is 7.26. The summed E-state index contributed by atoms with van der Waals surface area (Å²) in [6.07, 6.45) is 3.90. The Morgan fingerprint density at radius 3 is 2.41 bits per heavy atom. The Labute approximate surface area is 189 Å². The van der Waals surface area contributed by atoms with E-state index < -0.39 is 36.6 Å². The highest BCUT2D eigenvalue weighted by molar-refractivity contribution is 6.08. The number of carbonyl (C=O) groups excluding carboxylic acids is 4. The monoisotopic (exact) mass is 443 g/mol. The van der Waals surface area contributed by atoms with E-state index in [0.717, 1.165) is 24.2 Å². The molecule has 2 fully saturated rings. The number of hydrogen-bond donors (Lipinski definition) is 1. The Kier molecular flexibility index (Phi) is 6.91. The Bertz CT molecular complexity index is 875. The molecule has 1 heterocycles. The van der Waals surface area contributed by atoms with Crippen LogP contribution in [0.15, 0.2) is 30.3 Å².